The highest BCUT2D eigenvalue weighted by Gasteiger charge is 2.48. The van der Waals surface area contributed by atoms with E-state index in [1.807, 2.05) is 27.7 Å². The van der Waals surface area contributed by atoms with Crippen molar-refractivity contribution in [2.75, 3.05) is 12.0 Å². The third-order valence-electron chi connectivity index (χ3n) is 3.69. The highest BCUT2D eigenvalue weighted by molar-refractivity contribution is 7.90. The number of sulfone groups is 1. The molecule has 2 heterocycles. The number of nitrogens with zero attached hydrogens (tertiary/aromatic N) is 2. The molecule has 20 heavy (non-hydrogen) atoms. The molecule has 2 atom stereocenters. The maximum atomic E-state index is 11.2. The summed E-state index contributed by atoms with van der Waals surface area (Å²) in [5.74, 6) is -0.777. The van der Waals surface area contributed by atoms with E-state index in [0.29, 0.717) is 6.54 Å². The van der Waals surface area contributed by atoms with E-state index in [2.05, 4.69) is 5.10 Å². The molecule has 0 bridgehead atoms. The molecule has 2 rings (SSSR count). The van der Waals surface area contributed by atoms with E-state index in [1.165, 1.54) is 6.26 Å². The van der Waals surface area contributed by atoms with Crippen molar-refractivity contribution in [1.82, 2.24) is 9.78 Å². The molecule has 0 radical (unpaired) electrons. The molecule has 0 amide bonds. The van der Waals surface area contributed by atoms with Gasteiger partial charge in [0.15, 0.2) is 5.79 Å². The van der Waals surface area contributed by atoms with Gasteiger partial charge in [-0.2, -0.15) is 5.10 Å². The molecular formula is C13H22N2O4S. The van der Waals surface area contributed by atoms with Crippen LogP contribution < -0.4 is 0 Å². The van der Waals surface area contributed by atoms with Gasteiger partial charge in [0.2, 0.25) is 0 Å². The Morgan fingerprint density at radius 1 is 1.40 bits per heavy atom. The van der Waals surface area contributed by atoms with E-state index in [-0.39, 0.29) is 17.5 Å². The maximum Gasteiger partial charge on any atom is 0.196 e. The first-order chi connectivity index (χ1) is 9.02. The second kappa shape index (κ2) is 4.82. The summed E-state index contributed by atoms with van der Waals surface area (Å²) < 4.78 is 35.9. The van der Waals surface area contributed by atoms with Gasteiger partial charge in [0.05, 0.1) is 30.2 Å². The van der Waals surface area contributed by atoms with Crippen LogP contribution in [0.5, 0.6) is 0 Å². The van der Waals surface area contributed by atoms with Gasteiger partial charge in [0.25, 0.3) is 0 Å². The van der Waals surface area contributed by atoms with Gasteiger partial charge in [-0.25, -0.2) is 8.42 Å². The Labute approximate surface area is 120 Å². The number of ether oxygens (including phenoxy) is 2. The molecule has 1 aromatic heterocycles. The quantitative estimate of drug-likeness (QED) is 0.839. The lowest BCUT2D eigenvalue weighted by atomic mass is 10.0. The van der Waals surface area contributed by atoms with Crippen molar-refractivity contribution in [3.63, 3.8) is 0 Å². The highest BCUT2D eigenvalue weighted by Crippen LogP contribution is 2.42. The Balaban J connectivity index is 2.13. The van der Waals surface area contributed by atoms with E-state index >= 15 is 0 Å². The smallest absolute Gasteiger partial charge is 0.196 e. The third-order valence-corrected chi connectivity index (χ3v) is 4.61. The van der Waals surface area contributed by atoms with Crippen molar-refractivity contribution in [2.45, 2.75) is 51.7 Å². The second-order valence-electron chi connectivity index (χ2n) is 6.03. The van der Waals surface area contributed by atoms with Crippen LogP contribution in [0.2, 0.25) is 0 Å². The lowest BCUT2D eigenvalue weighted by Crippen LogP contribution is -2.31. The fraction of sp³-hybridized carbons (Fsp3) is 0.769. The summed E-state index contributed by atoms with van der Waals surface area (Å²) >= 11 is 0. The Kier molecular flexibility index (Phi) is 3.73. The van der Waals surface area contributed by atoms with Crippen molar-refractivity contribution in [2.24, 2.45) is 0 Å². The molecule has 0 N–H and O–H groups in total. The van der Waals surface area contributed by atoms with E-state index in [4.69, 9.17) is 9.47 Å². The van der Waals surface area contributed by atoms with Crippen LogP contribution in [0.1, 0.15) is 33.3 Å². The number of hydrogen-bond acceptors (Lipinski definition) is 5. The lowest BCUT2D eigenvalue weighted by molar-refractivity contribution is -0.179. The molecule has 0 aromatic carbocycles. The minimum Gasteiger partial charge on any atom is -0.340 e. The highest BCUT2D eigenvalue weighted by atomic mass is 32.2. The zero-order valence-corrected chi connectivity index (χ0v) is 13.4. The largest absolute Gasteiger partial charge is 0.340 e. The van der Waals surface area contributed by atoms with E-state index < -0.39 is 15.6 Å². The van der Waals surface area contributed by atoms with Crippen molar-refractivity contribution in [1.29, 1.82) is 0 Å². The third kappa shape index (κ3) is 3.21. The standard InChI is InChI=1S/C13H22N2O4S/c1-10-12(2,3)19-13(4,18-10)11-8-14-15(9-11)6-7-20(5,16)17/h8-10H,6-7H2,1-5H3. The number of hydrogen-bond donors (Lipinski definition) is 0. The zero-order chi connectivity index (χ0) is 15.2. The molecule has 1 aromatic rings. The van der Waals surface area contributed by atoms with Crippen LogP contribution >= 0.6 is 0 Å². The molecule has 6 nitrogen and oxygen atoms in total. The molecule has 0 aliphatic carbocycles. The molecule has 114 valence electrons. The molecule has 2 unspecified atom stereocenters. The van der Waals surface area contributed by atoms with Crippen LogP contribution in [-0.2, 0) is 31.6 Å². The van der Waals surface area contributed by atoms with Crippen LogP contribution in [0.15, 0.2) is 12.4 Å². The fourth-order valence-corrected chi connectivity index (χ4v) is 2.71. The summed E-state index contributed by atoms with van der Waals surface area (Å²) in [5.41, 5.74) is 0.423. The first-order valence-corrected chi connectivity index (χ1v) is 8.66. The lowest BCUT2D eigenvalue weighted by Gasteiger charge is -2.24. The molecule has 7 heteroatoms. The first-order valence-electron chi connectivity index (χ1n) is 6.60. The van der Waals surface area contributed by atoms with Crippen LogP contribution in [0.3, 0.4) is 0 Å². The molecular weight excluding hydrogens is 280 g/mol. The molecule has 1 fully saturated rings. The summed E-state index contributed by atoms with van der Waals surface area (Å²) in [4.78, 5) is 0. The van der Waals surface area contributed by atoms with Crippen molar-refractivity contribution < 1.29 is 17.9 Å². The second-order valence-corrected chi connectivity index (χ2v) is 8.29. The SMILES string of the molecule is CC1OC(C)(c2cnn(CCS(C)(=O)=O)c2)OC1(C)C. The average Bonchev–Trinajstić information content (AvgIpc) is 2.80. The molecule has 1 aliphatic heterocycles. The number of aromatic nitrogens is 2. The van der Waals surface area contributed by atoms with Crippen LogP contribution in [-0.4, -0.2) is 41.9 Å². The zero-order valence-electron chi connectivity index (χ0n) is 12.6. The summed E-state index contributed by atoms with van der Waals surface area (Å²) in [5, 5.41) is 4.17. The minimum absolute atomic E-state index is 0.0353. The van der Waals surface area contributed by atoms with Gasteiger partial charge in [0, 0.05) is 18.0 Å². The van der Waals surface area contributed by atoms with Gasteiger partial charge in [-0.05, 0) is 27.7 Å². The van der Waals surface area contributed by atoms with Gasteiger partial charge in [-0.3, -0.25) is 4.68 Å². The predicted molar refractivity (Wildman–Crippen MR) is 75.0 cm³/mol. The van der Waals surface area contributed by atoms with E-state index in [9.17, 15) is 8.42 Å². The van der Waals surface area contributed by atoms with Gasteiger partial charge in [0.1, 0.15) is 9.84 Å². The normalized spacial score (nSPS) is 29.8. The van der Waals surface area contributed by atoms with Gasteiger partial charge >= 0.3 is 0 Å². The predicted octanol–water partition coefficient (Wildman–Crippen LogP) is 1.31. The van der Waals surface area contributed by atoms with Gasteiger partial charge < -0.3 is 9.47 Å². The number of aryl methyl sites for hydroxylation is 1. The van der Waals surface area contributed by atoms with Crippen molar-refractivity contribution in [3.8, 4) is 0 Å². The van der Waals surface area contributed by atoms with E-state index in [1.54, 1.807) is 17.1 Å². The summed E-state index contributed by atoms with van der Waals surface area (Å²) in [6.45, 7) is 8.12. The Hall–Kier alpha value is -0.920. The van der Waals surface area contributed by atoms with E-state index in [0.717, 1.165) is 5.56 Å². The fourth-order valence-electron chi connectivity index (χ4n) is 2.19. The van der Waals surface area contributed by atoms with Crippen molar-refractivity contribution in [3.05, 3.63) is 18.0 Å². The van der Waals surface area contributed by atoms with Gasteiger partial charge in [-0.1, -0.05) is 0 Å². The van der Waals surface area contributed by atoms with Crippen LogP contribution in [0.4, 0.5) is 0 Å². The molecule has 1 aliphatic rings. The van der Waals surface area contributed by atoms with Crippen molar-refractivity contribution >= 4 is 9.84 Å². The number of rotatable bonds is 4. The summed E-state index contributed by atoms with van der Waals surface area (Å²) in [6, 6.07) is 0. The summed E-state index contributed by atoms with van der Waals surface area (Å²) in [6.07, 6.45) is 4.62. The monoisotopic (exact) mass is 302 g/mol. The van der Waals surface area contributed by atoms with Gasteiger partial charge in [-0.15, -0.1) is 0 Å². The first kappa shape index (κ1) is 15.5. The topological polar surface area (TPSA) is 70.4 Å². The summed E-state index contributed by atoms with van der Waals surface area (Å²) in [7, 11) is -3.00. The average molecular weight is 302 g/mol. The Bertz CT molecular complexity index is 593. The Morgan fingerprint density at radius 3 is 2.55 bits per heavy atom. The maximum absolute atomic E-state index is 11.2. The van der Waals surface area contributed by atoms with Crippen LogP contribution in [0.25, 0.3) is 0 Å². The molecule has 1 saturated heterocycles. The molecule has 0 spiro atoms. The minimum atomic E-state index is -3.00. The Morgan fingerprint density at radius 2 is 2.05 bits per heavy atom. The molecule has 0 saturated carbocycles. The van der Waals surface area contributed by atoms with Crippen LogP contribution in [0, 0.1) is 0 Å².